The van der Waals surface area contributed by atoms with E-state index in [0.29, 0.717) is 12.1 Å². The molecule has 1 saturated heterocycles. The summed E-state index contributed by atoms with van der Waals surface area (Å²) in [6.45, 7) is 9.30. The average Bonchev–Trinajstić information content (AvgIpc) is 2.54. The van der Waals surface area contributed by atoms with E-state index >= 15 is 0 Å². The van der Waals surface area contributed by atoms with Crippen LogP contribution in [0.25, 0.3) is 0 Å². The van der Waals surface area contributed by atoms with Gasteiger partial charge < -0.3 is 15.1 Å². The number of amides is 2. The van der Waals surface area contributed by atoms with Gasteiger partial charge in [-0.05, 0) is 29.7 Å². The van der Waals surface area contributed by atoms with E-state index in [1.807, 2.05) is 29.2 Å². The molecule has 5 nitrogen and oxygen atoms in total. The molecule has 0 spiro atoms. The van der Waals surface area contributed by atoms with Crippen molar-refractivity contribution in [2.45, 2.75) is 32.0 Å². The molecule has 1 N–H and O–H groups in total. The molecule has 7 heteroatoms. The van der Waals surface area contributed by atoms with Crippen LogP contribution in [-0.2, 0) is 9.59 Å². The van der Waals surface area contributed by atoms with Crippen LogP contribution in [0.1, 0.15) is 27.2 Å². The van der Waals surface area contributed by atoms with E-state index in [9.17, 15) is 9.59 Å². The van der Waals surface area contributed by atoms with Gasteiger partial charge in [0.15, 0.2) is 4.84 Å². The number of piperazine rings is 1. The van der Waals surface area contributed by atoms with E-state index < -0.39 is 10.7 Å². The summed E-state index contributed by atoms with van der Waals surface area (Å²) in [6, 6.07) is 7.53. The van der Waals surface area contributed by atoms with Gasteiger partial charge in [-0.15, -0.1) is 0 Å². The van der Waals surface area contributed by atoms with Crippen LogP contribution in [0.15, 0.2) is 24.3 Å². The van der Waals surface area contributed by atoms with E-state index in [2.05, 4.69) is 31.0 Å². The lowest BCUT2D eigenvalue weighted by Crippen LogP contribution is -2.49. The Labute approximate surface area is 159 Å². The van der Waals surface area contributed by atoms with Crippen molar-refractivity contribution in [1.29, 1.82) is 0 Å². The van der Waals surface area contributed by atoms with Crippen LogP contribution in [0.5, 0.6) is 0 Å². The number of rotatable bonds is 4. The van der Waals surface area contributed by atoms with Crippen LogP contribution in [-0.4, -0.2) is 47.7 Å². The molecular weight excluding hydrogens is 361 g/mol. The lowest BCUT2D eigenvalue weighted by Gasteiger charge is -2.37. The van der Waals surface area contributed by atoms with E-state index in [1.165, 1.54) is 0 Å². The number of anilines is 2. The van der Waals surface area contributed by atoms with Crippen molar-refractivity contribution in [3.05, 3.63) is 24.3 Å². The Bertz CT molecular complexity index is 604. The van der Waals surface area contributed by atoms with Crippen LogP contribution in [0.2, 0.25) is 0 Å². The molecule has 1 fully saturated rings. The average molecular weight is 386 g/mol. The lowest BCUT2D eigenvalue weighted by atomic mass is 9.91. The van der Waals surface area contributed by atoms with Crippen LogP contribution in [0.3, 0.4) is 0 Å². The fourth-order valence-corrected chi connectivity index (χ4v) is 2.84. The van der Waals surface area contributed by atoms with E-state index in [0.717, 1.165) is 31.9 Å². The van der Waals surface area contributed by atoms with Gasteiger partial charge in [0.2, 0.25) is 5.91 Å². The highest BCUT2D eigenvalue weighted by Crippen LogP contribution is 2.23. The SMILES string of the molecule is CC(C)(C)CC(=O)N1CCN(c2ccc(NC(=O)C(Cl)Cl)cc2)CC1. The van der Waals surface area contributed by atoms with E-state index in [-0.39, 0.29) is 11.3 Å². The largest absolute Gasteiger partial charge is 0.368 e. The minimum Gasteiger partial charge on any atom is -0.368 e. The smallest absolute Gasteiger partial charge is 0.257 e. The van der Waals surface area contributed by atoms with Gasteiger partial charge >= 0.3 is 0 Å². The number of carbonyl (C=O) groups excluding carboxylic acids is 2. The summed E-state index contributed by atoms with van der Waals surface area (Å²) in [5, 5.41) is 2.64. The third-order valence-corrected chi connectivity index (χ3v) is 4.41. The van der Waals surface area contributed by atoms with Gasteiger partial charge in [-0.2, -0.15) is 0 Å². The third-order valence-electron chi connectivity index (χ3n) is 4.01. The fourth-order valence-electron chi connectivity index (χ4n) is 2.73. The predicted octanol–water partition coefficient (Wildman–Crippen LogP) is 3.51. The minimum atomic E-state index is -1.08. The Balaban J connectivity index is 1.88. The zero-order valence-corrected chi connectivity index (χ0v) is 16.4. The molecule has 0 radical (unpaired) electrons. The zero-order chi connectivity index (χ0) is 18.6. The number of hydrogen-bond donors (Lipinski definition) is 1. The molecule has 0 saturated carbocycles. The molecule has 2 amide bonds. The highest BCUT2D eigenvalue weighted by Gasteiger charge is 2.25. The number of carbonyl (C=O) groups is 2. The summed E-state index contributed by atoms with van der Waals surface area (Å²) < 4.78 is 0. The van der Waals surface area contributed by atoms with Crippen molar-refractivity contribution in [3.63, 3.8) is 0 Å². The molecule has 0 atom stereocenters. The van der Waals surface area contributed by atoms with Crippen molar-refractivity contribution < 1.29 is 9.59 Å². The quantitative estimate of drug-likeness (QED) is 0.806. The molecule has 1 aliphatic heterocycles. The first-order valence-electron chi connectivity index (χ1n) is 8.37. The molecule has 0 aliphatic carbocycles. The Morgan fingerprint density at radius 3 is 2.12 bits per heavy atom. The molecule has 25 heavy (non-hydrogen) atoms. The van der Waals surface area contributed by atoms with Gasteiger partial charge in [-0.1, -0.05) is 44.0 Å². The van der Waals surface area contributed by atoms with E-state index in [4.69, 9.17) is 23.2 Å². The molecule has 0 unspecified atom stereocenters. The molecule has 1 aliphatic rings. The summed E-state index contributed by atoms with van der Waals surface area (Å²) >= 11 is 11.0. The molecule has 1 aromatic rings. The number of nitrogens with one attached hydrogen (secondary N) is 1. The standard InChI is InChI=1S/C18H25Cl2N3O2/c1-18(2,3)12-15(24)23-10-8-22(9-11-23)14-6-4-13(5-7-14)21-17(25)16(19)20/h4-7,16H,8-12H2,1-3H3,(H,21,25). The second-order valence-electron chi connectivity index (χ2n) is 7.44. The number of halogens is 2. The van der Waals surface area contributed by atoms with Crippen molar-refractivity contribution in [2.24, 2.45) is 5.41 Å². The molecule has 138 valence electrons. The Morgan fingerprint density at radius 2 is 1.64 bits per heavy atom. The highest BCUT2D eigenvalue weighted by atomic mass is 35.5. The zero-order valence-electron chi connectivity index (χ0n) is 14.9. The number of benzene rings is 1. The van der Waals surface area contributed by atoms with Gasteiger partial charge in [-0.25, -0.2) is 0 Å². The van der Waals surface area contributed by atoms with Crippen LogP contribution < -0.4 is 10.2 Å². The maximum Gasteiger partial charge on any atom is 0.257 e. The van der Waals surface area contributed by atoms with Crippen LogP contribution in [0, 0.1) is 5.41 Å². The molecule has 1 heterocycles. The molecule has 2 rings (SSSR count). The summed E-state index contributed by atoms with van der Waals surface area (Å²) in [5.74, 6) is -0.219. The maximum absolute atomic E-state index is 12.3. The molecule has 0 bridgehead atoms. The van der Waals surface area contributed by atoms with Crippen LogP contribution in [0.4, 0.5) is 11.4 Å². The first kappa shape index (κ1) is 19.9. The van der Waals surface area contributed by atoms with E-state index in [1.54, 1.807) is 0 Å². The second-order valence-corrected chi connectivity index (χ2v) is 8.54. The Hall–Kier alpha value is -1.46. The van der Waals surface area contributed by atoms with Crippen LogP contribution >= 0.6 is 23.2 Å². The van der Waals surface area contributed by atoms with Crippen molar-refractivity contribution in [3.8, 4) is 0 Å². The summed E-state index contributed by atoms with van der Waals surface area (Å²) in [7, 11) is 0. The van der Waals surface area contributed by atoms with Crippen molar-refractivity contribution >= 4 is 46.4 Å². The van der Waals surface area contributed by atoms with Gasteiger partial charge in [-0.3, -0.25) is 9.59 Å². The summed E-state index contributed by atoms with van der Waals surface area (Å²) in [5.41, 5.74) is 1.73. The third kappa shape index (κ3) is 6.08. The van der Waals surface area contributed by atoms with Crippen molar-refractivity contribution in [1.82, 2.24) is 4.90 Å². The first-order chi connectivity index (χ1) is 11.7. The Kier molecular flexibility index (Phi) is 6.58. The molecule has 1 aromatic carbocycles. The van der Waals surface area contributed by atoms with Crippen molar-refractivity contribution in [2.75, 3.05) is 36.4 Å². The molecule has 0 aromatic heterocycles. The fraction of sp³-hybridized carbons (Fsp3) is 0.556. The highest BCUT2D eigenvalue weighted by molar-refractivity contribution is 6.54. The number of hydrogen-bond acceptors (Lipinski definition) is 3. The minimum absolute atomic E-state index is 0.0134. The van der Waals surface area contributed by atoms with Gasteiger partial charge in [0.25, 0.3) is 5.91 Å². The van der Waals surface area contributed by atoms with Gasteiger partial charge in [0, 0.05) is 44.0 Å². The first-order valence-corrected chi connectivity index (χ1v) is 9.25. The summed E-state index contributed by atoms with van der Waals surface area (Å²) in [4.78, 5) is 26.9. The second kappa shape index (κ2) is 8.28. The number of nitrogens with zero attached hydrogens (tertiary/aromatic N) is 2. The van der Waals surface area contributed by atoms with Gasteiger partial charge in [0.1, 0.15) is 0 Å². The Morgan fingerprint density at radius 1 is 1.08 bits per heavy atom. The molecular formula is C18H25Cl2N3O2. The topological polar surface area (TPSA) is 52.7 Å². The maximum atomic E-state index is 12.3. The predicted molar refractivity (Wildman–Crippen MR) is 103 cm³/mol. The van der Waals surface area contributed by atoms with Gasteiger partial charge in [0.05, 0.1) is 0 Å². The normalized spacial score (nSPS) is 15.4. The summed E-state index contributed by atoms with van der Waals surface area (Å²) in [6.07, 6.45) is 0.573. The lowest BCUT2D eigenvalue weighted by molar-refractivity contribution is -0.133. The monoisotopic (exact) mass is 385 g/mol. The number of alkyl halides is 2.